The lowest BCUT2D eigenvalue weighted by molar-refractivity contribution is -0.153. The number of carbonyl (C=O) groups excluding carboxylic acids is 1. The first-order valence-electron chi connectivity index (χ1n) is 4.82. The molecule has 0 bridgehead atoms. The minimum atomic E-state index is -1.85. The fourth-order valence-corrected chi connectivity index (χ4v) is 1.28. The van der Waals surface area contributed by atoms with Gasteiger partial charge < -0.3 is 4.74 Å². The quantitative estimate of drug-likeness (QED) is 0.721. The van der Waals surface area contributed by atoms with Gasteiger partial charge in [0.15, 0.2) is 0 Å². The Hall–Kier alpha value is -1.39. The Balaban J connectivity index is 2.96. The van der Waals surface area contributed by atoms with Crippen molar-refractivity contribution >= 4 is 5.97 Å². The molecule has 0 radical (unpaired) electrons. The Kier molecular flexibility index (Phi) is 3.44. The van der Waals surface area contributed by atoms with Crippen LogP contribution in [-0.2, 0) is 9.53 Å². The van der Waals surface area contributed by atoms with Gasteiger partial charge in [-0.15, -0.1) is 0 Å². The number of esters is 1. The normalized spacial score (nSPS) is 12.6. The van der Waals surface area contributed by atoms with Gasteiger partial charge in [-0.2, -0.15) is 5.10 Å². The maximum Gasteiger partial charge on any atom is 0.363 e. The molecule has 0 fully saturated rings. The first-order valence-corrected chi connectivity index (χ1v) is 4.82. The van der Waals surface area contributed by atoms with E-state index >= 15 is 0 Å². The van der Waals surface area contributed by atoms with Gasteiger partial charge in [-0.3, -0.25) is 0 Å². The van der Waals surface area contributed by atoms with Crippen molar-refractivity contribution in [3.8, 4) is 0 Å². The first-order chi connectivity index (χ1) is 6.99. The van der Waals surface area contributed by atoms with Crippen LogP contribution in [0.25, 0.3) is 0 Å². The number of rotatable bonds is 3. The van der Waals surface area contributed by atoms with E-state index in [0.717, 1.165) is 15.9 Å². The molecule has 0 aliphatic carbocycles. The molecule has 1 heterocycles. The largest absolute Gasteiger partial charge is 0.462 e. The van der Waals surface area contributed by atoms with Crippen molar-refractivity contribution in [3.05, 3.63) is 17.0 Å². The predicted octanol–water partition coefficient (Wildman–Crippen LogP) is 1.84. The lowest BCUT2D eigenvalue weighted by Crippen LogP contribution is -2.20. The molecule has 1 unspecified atom stereocenters. The molecule has 0 saturated carbocycles. The smallest absolute Gasteiger partial charge is 0.363 e. The Bertz CT molecular complexity index is 374. The van der Waals surface area contributed by atoms with Crippen LogP contribution < -0.4 is 0 Å². The summed E-state index contributed by atoms with van der Waals surface area (Å²) in [6.45, 7) is 7.14. The zero-order chi connectivity index (χ0) is 11.6. The second kappa shape index (κ2) is 4.42. The minimum Gasteiger partial charge on any atom is -0.462 e. The molecule has 1 atom stereocenters. The third-order valence-electron chi connectivity index (χ3n) is 2.38. The second-order valence-corrected chi connectivity index (χ2v) is 3.33. The molecule has 0 N–H and O–H groups in total. The number of carbonyl (C=O) groups is 1. The average Bonchev–Trinajstić information content (AvgIpc) is 2.45. The van der Waals surface area contributed by atoms with Crippen LogP contribution in [0, 0.1) is 20.8 Å². The summed E-state index contributed by atoms with van der Waals surface area (Å²) in [6, 6.07) is 0. The molecule has 0 saturated heterocycles. The monoisotopic (exact) mass is 214 g/mol. The highest BCUT2D eigenvalue weighted by Gasteiger charge is 2.24. The summed E-state index contributed by atoms with van der Waals surface area (Å²) < 4.78 is 19.2. The molecule has 0 aromatic carbocycles. The summed E-state index contributed by atoms with van der Waals surface area (Å²) in [7, 11) is 0. The molecule has 1 aromatic heterocycles. The van der Waals surface area contributed by atoms with Crippen LogP contribution in [0.2, 0.25) is 0 Å². The molecule has 0 aliphatic rings. The molecule has 0 amide bonds. The van der Waals surface area contributed by atoms with Gasteiger partial charge in [0.05, 0.1) is 12.3 Å². The molecule has 0 spiro atoms. The fourth-order valence-electron chi connectivity index (χ4n) is 1.28. The van der Waals surface area contributed by atoms with Crippen molar-refractivity contribution in [2.24, 2.45) is 0 Å². The highest BCUT2D eigenvalue weighted by Crippen LogP contribution is 2.18. The molecule has 4 nitrogen and oxygen atoms in total. The van der Waals surface area contributed by atoms with Crippen molar-refractivity contribution in [1.29, 1.82) is 0 Å². The lowest BCUT2D eigenvalue weighted by atomic mass is 10.2. The Morgan fingerprint density at radius 2 is 2.13 bits per heavy atom. The van der Waals surface area contributed by atoms with Crippen molar-refractivity contribution in [2.45, 2.75) is 34.0 Å². The van der Waals surface area contributed by atoms with Crippen molar-refractivity contribution < 1.29 is 13.9 Å². The summed E-state index contributed by atoms with van der Waals surface area (Å²) in [5, 5.41) is 3.95. The van der Waals surface area contributed by atoms with E-state index in [4.69, 9.17) is 0 Å². The summed E-state index contributed by atoms with van der Waals surface area (Å²) in [5.41, 5.74) is 2.26. The highest BCUT2D eigenvalue weighted by molar-refractivity contribution is 5.72. The van der Waals surface area contributed by atoms with E-state index in [-0.39, 0.29) is 6.61 Å². The third-order valence-corrected chi connectivity index (χ3v) is 2.38. The van der Waals surface area contributed by atoms with Crippen LogP contribution in [0.1, 0.15) is 30.2 Å². The van der Waals surface area contributed by atoms with Crippen LogP contribution >= 0.6 is 0 Å². The molecule has 1 rings (SSSR count). The lowest BCUT2D eigenvalue weighted by Gasteiger charge is -2.09. The van der Waals surface area contributed by atoms with Gasteiger partial charge in [0.25, 0.3) is 6.30 Å². The van der Waals surface area contributed by atoms with E-state index in [1.165, 1.54) is 0 Å². The molecular formula is C10H15FN2O2. The number of halogens is 1. The van der Waals surface area contributed by atoms with Crippen LogP contribution in [0.3, 0.4) is 0 Å². The summed E-state index contributed by atoms with van der Waals surface area (Å²) in [5.74, 6) is -0.900. The Labute approximate surface area is 88.0 Å². The number of aromatic nitrogens is 2. The number of hydrogen-bond donors (Lipinski definition) is 0. The van der Waals surface area contributed by atoms with Crippen molar-refractivity contribution in [2.75, 3.05) is 6.61 Å². The van der Waals surface area contributed by atoms with Crippen LogP contribution in [0.4, 0.5) is 4.39 Å². The standard InChI is InChI=1S/C10H15FN2O2/c1-5-15-10(14)9(11)13-8(4)6(2)7(3)12-13/h9H,5H2,1-4H3. The number of alkyl halides is 1. The van der Waals surface area contributed by atoms with Gasteiger partial charge in [0.1, 0.15) is 0 Å². The van der Waals surface area contributed by atoms with E-state index in [1.807, 2.05) is 6.92 Å². The van der Waals surface area contributed by atoms with Gasteiger partial charge in [0.2, 0.25) is 0 Å². The number of nitrogens with zero attached hydrogens (tertiary/aromatic N) is 2. The molecule has 1 aromatic rings. The van der Waals surface area contributed by atoms with Crippen molar-refractivity contribution in [1.82, 2.24) is 9.78 Å². The van der Waals surface area contributed by atoms with E-state index in [0.29, 0.717) is 5.69 Å². The topological polar surface area (TPSA) is 44.1 Å². The van der Waals surface area contributed by atoms with Gasteiger partial charge in [0, 0.05) is 5.69 Å². The molecule has 5 heteroatoms. The SMILES string of the molecule is CCOC(=O)C(F)n1nc(C)c(C)c1C. The summed E-state index contributed by atoms with van der Waals surface area (Å²) in [4.78, 5) is 11.2. The van der Waals surface area contributed by atoms with E-state index < -0.39 is 12.3 Å². The van der Waals surface area contributed by atoms with E-state index in [1.54, 1.807) is 20.8 Å². The number of ether oxygens (including phenoxy) is 1. The Morgan fingerprint density at radius 3 is 2.53 bits per heavy atom. The maximum absolute atomic E-state index is 13.6. The zero-order valence-electron chi connectivity index (χ0n) is 9.37. The third kappa shape index (κ3) is 2.16. The maximum atomic E-state index is 13.6. The average molecular weight is 214 g/mol. The number of hydrogen-bond acceptors (Lipinski definition) is 3. The van der Waals surface area contributed by atoms with Crippen LogP contribution in [0.5, 0.6) is 0 Å². The van der Waals surface area contributed by atoms with Gasteiger partial charge in [-0.25, -0.2) is 13.9 Å². The first kappa shape index (κ1) is 11.7. The summed E-state index contributed by atoms with van der Waals surface area (Å²) in [6.07, 6.45) is -1.85. The van der Waals surface area contributed by atoms with Gasteiger partial charge >= 0.3 is 5.97 Å². The van der Waals surface area contributed by atoms with E-state index in [2.05, 4.69) is 9.84 Å². The van der Waals surface area contributed by atoms with Crippen LogP contribution in [0.15, 0.2) is 0 Å². The second-order valence-electron chi connectivity index (χ2n) is 3.33. The number of aryl methyl sites for hydroxylation is 1. The minimum absolute atomic E-state index is 0.164. The zero-order valence-corrected chi connectivity index (χ0v) is 9.37. The van der Waals surface area contributed by atoms with Gasteiger partial charge in [-0.1, -0.05) is 0 Å². The Morgan fingerprint density at radius 1 is 1.53 bits per heavy atom. The van der Waals surface area contributed by atoms with E-state index in [9.17, 15) is 9.18 Å². The predicted molar refractivity (Wildman–Crippen MR) is 53.2 cm³/mol. The van der Waals surface area contributed by atoms with Gasteiger partial charge in [-0.05, 0) is 33.3 Å². The molecule has 0 aliphatic heterocycles. The van der Waals surface area contributed by atoms with Crippen molar-refractivity contribution in [3.63, 3.8) is 0 Å². The molecule has 84 valence electrons. The molecular weight excluding hydrogens is 199 g/mol. The summed E-state index contributed by atoms with van der Waals surface area (Å²) >= 11 is 0. The van der Waals surface area contributed by atoms with Crippen LogP contribution in [-0.4, -0.2) is 22.4 Å². The fraction of sp³-hybridized carbons (Fsp3) is 0.600. The molecule has 15 heavy (non-hydrogen) atoms. The highest BCUT2D eigenvalue weighted by atomic mass is 19.1.